The molecular weight excluding hydrogens is 353 g/mol. The molecule has 0 unspecified atom stereocenters. The Hall–Kier alpha value is -2.47. The minimum atomic E-state index is -0.261. The van der Waals surface area contributed by atoms with Crippen molar-refractivity contribution < 1.29 is 4.39 Å². The quantitative estimate of drug-likeness (QED) is 0.806. The topological polar surface area (TPSA) is 62.2 Å². The number of hydrogen-bond donors (Lipinski definition) is 2. The first-order chi connectivity index (χ1) is 12.6. The molecule has 1 aromatic heterocycles. The Bertz CT molecular complexity index is 874. The second-order valence-electron chi connectivity index (χ2n) is 6.62. The molecule has 1 aliphatic heterocycles. The Morgan fingerprint density at radius 3 is 2.62 bits per heavy atom. The van der Waals surface area contributed by atoms with Gasteiger partial charge in [-0.1, -0.05) is 23.7 Å². The van der Waals surface area contributed by atoms with Gasteiger partial charge in [0.1, 0.15) is 23.0 Å². The Labute approximate surface area is 156 Å². The van der Waals surface area contributed by atoms with Gasteiger partial charge in [0.25, 0.3) is 0 Å². The van der Waals surface area contributed by atoms with Crippen molar-refractivity contribution in [1.82, 2.24) is 9.97 Å². The van der Waals surface area contributed by atoms with Gasteiger partial charge in [-0.25, -0.2) is 14.4 Å². The van der Waals surface area contributed by atoms with Crippen molar-refractivity contribution in [1.29, 1.82) is 0 Å². The van der Waals surface area contributed by atoms with Gasteiger partial charge in [0, 0.05) is 6.04 Å². The summed E-state index contributed by atoms with van der Waals surface area (Å²) in [6.07, 6.45) is 6.07. The van der Waals surface area contributed by atoms with Crippen LogP contribution in [0.5, 0.6) is 0 Å². The lowest BCUT2D eigenvalue weighted by Gasteiger charge is -2.17. The zero-order chi connectivity index (χ0) is 18.1. The molecule has 2 aliphatic rings. The molecule has 1 aliphatic carbocycles. The van der Waals surface area contributed by atoms with Gasteiger partial charge in [-0.3, -0.25) is 4.99 Å². The molecular formula is C19H19ClFN5. The summed E-state index contributed by atoms with van der Waals surface area (Å²) in [6.45, 7) is 2.72. The fourth-order valence-corrected chi connectivity index (χ4v) is 3.14. The smallest absolute Gasteiger partial charge is 0.155 e. The standard InChI is InChI=1S/C19H19ClFN5/c1-11(12-4-6-15(21)7-5-12)25-18-17(20)19(24-10-23-18)26-16-8-14(9-22-16)13-2-3-13/h4-8,10-11,13H,2-3,9H2,1H3,(H2,22,23,24,25,26)/t11-/m0/s1. The number of amidine groups is 1. The van der Waals surface area contributed by atoms with E-state index in [2.05, 4.69) is 31.7 Å². The lowest BCUT2D eigenvalue weighted by atomic mass is 10.1. The van der Waals surface area contributed by atoms with E-state index in [4.69, 9.17) is 11.6 Å². The molecule has 0 bridgehead atoms. The van der Waals surface area contributed by atoms with Gasteiger partial charge in [-0.15, -0.1) is 0 Å². The summed E-state index contributed by atoms with van der Waals surface area (Å²) in [7, 11) is 0. The number of halogens is 2. The second-order valence-corrected chi connectivity index (χ2v) is 7.00. The van der Waals surface area contributed by atoms with Crippen LogP contribution in [0, 0.1) is 11.7 Å². The average molecular weight is 372 g/mol. The first-order valence-corrected chi connectivity index (χ1v) is 9.02. The van der Waals surface area contributed by atoms with Crippen molar-refractivity contribution in [3.8, 4) is 0 Å². The maximum absolute atomic E-state index is 13.1. The Morgan fingerprint density at radius 2 is 1.88 bits per heavy atom. The highest BCUT2D eigenvalue weighted by atomic mass is 35.5. The fourth-order valence-electron chi connectivity index (χ4n) is 2.94. The summed E-state index contributed by atoms with van der Waals surface area (Å²) in [5.74, 6) is 2.26. The number of aromatic nitrogens is 2. The molecule has 7 heteroatoms. The van der Waals surface area contributed by atoms with E-state index in [1.54, 1.807) is 12.1 Å². The number of rotatable bonds is 5. The lowest BCUT2D eigenvalue weighted by molar-refractivity contribution is 0.626. The van der Waals surface area contributed by atoms with Gasteiger partial charge < -0.3 is 10.6 Å². The molecule has 0 amide bonds. The molecule has 26 heavy (non-hydrogen) atoms. The summed E-state index contributed by atoms with van der Waals surface area (Å²) in [5.41, 5.74) is 2.31. The zero-order valence-corrected chi connectivity index (χ0v) is 15.1. The van der Waals surface area contributed by atoms with Crippen molar-refractivity contribution in [3.63, 3.8) is 0 Å². The number of nitrogens with zero attached hydrogens (tertiary/aromatic N) is 3. The normalized spacial score (nSPS) is 17.5. The number of nitrogens with one attached hydrogen (secondary N) is 2. The van der Waals surface area contributed by atoms with Crippen LogP contribution in [0.15, 0.2) is 47.2 Å². The van der Waals surface area contributed by atoms with Crippen LogP contribution in [0.4, 0.5) is 16.0 Å². The molecule has 0 spiro atoms. The van der Waals surface area contributed by atoms with Crippen LogP contribution >= 0.6 is 11.6 Å². The highest BCUT2D eigenvalue weighted by Gasteiger charge is 2.28. The van der Waals surface area contributed by atoms with Crippen LogP contribution in [0.1, 0.15) is 31.4 Å². The zero-order valence-electron chi connectivity index (χ0n) is 14.3. The molecule has 1 atom stereocenters. The van der Waals surface area contributed by atoms with E-state index in [0.29, 0.717) is 22.6 Å². The summed E-state index contributed by atoms with van der Waals surface area (Å²) >= 11 is 6.47. The van der Waals surface area contributed by atoms with E-state index in [9.17, 15) is 4.39 Å². The Balaban J connectivity index is 1.48. The molecule has 1 saturated carbocycles. The minimum Gasteiger partial charge on any atom is -0.362 e. The van der Waals surface area contributed by atoms with Crippen molar-refractivity contribution in [3.05, 3.63) is 58.6 Å². The average Bonchev–Trinajstić information content (AvgIpc) is 3.38. The summed E-state index contributed by atoms with van der Waals surface area (Å²) in [6, 6.07) is 6.26. The van der Waals surface area contributed by atoms with E-state index in [0.717, 1.165) is 17.9 Å². The van der Waals surface area contributed by atoms with E-state index < -0.39 is 0 Å². The summed E-state index contributed by atoms with van der Waals surface area (Å²) in [5, 5.41) is 6.83. The molecule has 2 N–H and O–H groups in total. The Morgan fingerprint density at radius 1 is 1.15 bits per heavy atom. The molecule has 0 radical (unpaired) electrons. The summed E-state index contributed by atoms with van der Waals surface area (Å²) in [4.78, 5) is 13.0. The molecule has 5 nitrogen and oxygen atoms in total. The third kappa shape index (κ3) is 3.70. The van der Waals surface area contributed by atoms with E-state index in [1.165, 1.54) is 36.9 Å². The lowest BCUT2D eigenvalue weighted by Crippen LogP contribution is -2.12. The van der Waals surface area contributed by atoms with Crippen molar-refractivity contribution in [2.45, 2.75) is 25.8 Å². The predicted octanol–water partition coefficient (Wildman–Crippen LogP) is 4.60. The molecule has 2 aromatic rings. The van der Waals surface area contributed by atoms with Crippen molar-refractivity contribution >= 4 is 29.1 Å². The molecule has 4 rings (SSSR count). The largest absolute Gasteiger partial charge is 0.362 e. The van der Waals surface area contributed by atoms with Crippen molar-refractivity contribution in [2.24, 2.45) is 10.9 Å². The van der Waals surface area contributed by atoms with Crippen LogP contribution in [-0.4, -0.2) is 22.3 Å². The number of anilines is 2. The first-order valence-electron chi connectivity index (χ1n) is 8.64. The number of benzene rings is 1. The van der Waals surface area contributed by atoms with Crippen LogP contribution in [0.2, 0.25) is 5.02 Å². The van der Waals surface area contributed by atoms with Gasteiger partial charge in [0.15, 0.2) is 11.6 Å². The van der Waals surface area contributed by atoms with Gasteiger partial charge in [0.05, 0.1) is 6.54 Å². The van der Waals surface area contributed by atoms with Gasteiger partial charge in [0.2, 0.25) is 0 Å². The Kier molecular flexibility index (Phi) is 4.59. The van der Waals surface area contributed by atoms with Crippen LogP contribution in [0.3, 0.4) is 0 Å². The SMILES string of the molecule is C[C@H](Nc1ncnc(NC2=NCC(C3CC3)=C2)c1Cl)c1ccc(F)cc1. The predicted molar refractivity (Wildman–Crippen MR) is 102 cm³/mol. The maximum Gasteiger partial charge on any atom is 0.155 e. The van der Waals surface area contributed by atoms with Crippen LogP contribution < -0.4 is 10.6 Å². The van der Waals surface area contributed by atoms with E-state index in [1.807, 2.05) is 6.92 Å². The molecule has 134 valence electrons. The monoisotopic (exact) mass is 371 g/mol. The molecule has 1 aromatic carbocycles. The minimum absolute atomic E-state index is 0.0824. The van der Waals surface area contributed by atoms with Crippen LogP contribution in [-0.2, 0) is 0 Å². The van der Waals surface area contributed by atoms with E-state index in [-0.39, 0.29) is 11.9 Å². The van der Waals surface area contributed by atoms with E-state index >= 15 is 0 Å². The van der Waals surface area contributed by atoms with Crippen molar-refractivity contribution in [2.75, 3.05) is 17.2 Å². The third-order valence-corrected chi connectivity index (χ3v) is 4.97. The first kappa shape index (κ1) is 17.0. The third-order valence-electron chi connectivity index (χ3n) is 4.61. The van der Waals surface area contributed by atoms with Gasteiger partial charge in [-0.05, 0) is 55.0 Å². The molecule has 0 saturated heterocycles. The second kappa shape index (κ2) is 7.03. The summed E-state index contributed by atoms with van der Waals surface area (Å²) < 4.78 is 13.1. The number of hydrogen-bond acceptors (Lipinski definition) is 5. The van der Waals surface area contributed by atoms with Gasteiger partial charge in [-0.2, -0.15) is 0 Å². The number of aliphatic imine (C=N–C) groups is 1. The molecule has 2 heterocycles. The van der Waals surface area contributed by atoms with Gasteiger partial charge >= 0.3 is 0 Å². The fraction of sp³-hybridized carbons (Fsp3) is 0.316. The maximum atomic E-state index is 13.1. The van der Waals surface area contributed by atoms with Crippen LogP contribution in [0.25, 0.3) is 0 Å². The highest BCUT2D eigenvalue weighted by molar-refractivity contribution is 6.35. The highest BCUT2D eigenvalue weighted by Crippen LogP contribution is 2.38. The molecule has 1 fully saturated rings.